The van der Waals surface area contributed by atoms with Gasteiger partial charge in [0.05, 0.1) is 34.4 Å². The van der Waals surface area contributed by atoms with E-state index in [1.807, 2.05) is 0 Å². The van der Waals surface area contributed by atoms with Gasteiger partial charge in [0.2, 0.25) is 5.43 Å². The minimum absolute atomic E-state index is 0.0197. The number of pyridine rings is 1. The first-order valence-electron chi connectivity index (χ1n) is 8.22. The number of hydrogen-bond donors (Lipinski definition) is 3. The fourth-order valence-corrected chi connectivity index (χ4v) is 3.26. The molecular formula is C19H16ClFN2O5. The predicted octanol–water partition coefficient (Wildman–Crippen LogP) is 3.02. The second-order valence-corrected chi connectivity index (χ2v) is 6.49. The Labute approximate surface area is 163 Å². The monoisotopic (exact) mass is 406 g/mol. The minimum Gasteiger partial charge on any atom is -0.449 e. The number of aliphatic hydroxyl groups excluding tert-OH is 1. The van der Waals surface area contributed by atoms with Gasteiger partial charge < -0.3 is 25.3 Å². The zero-order valence-corrected chi connectivity index (χ0v) is 15.2. The van der Waals surface area contributed by atoms with Crippen molar-refractivity contribution in [3.8, 4) is 5.75 Å². The number of ether oxygens (including phenoxy) is 1. The Balaban J connectivity index is 2.19. The van der Waals surface area contributed by atoms with Gasteiger partial charge in [-0.25, -0.2) is 9.18 Å². The molecule has 3 rings (SSSR count). The van der Waals surface area contributed by atoms with Crippen molar-refractivity contribution in [3.63, 3.8) is 0 Å². The van der Waals surface area contributed by atoms with Crippen LogP contribution in [-0.2, 0) is 13.0 Å². The number of carboxylic acid groups (broad SMARTS) is 1. The lowest BCUT2D eigenvalue weighted by atomic mass is 10.0. The zero-order valence-electron chi connectivity index (χ0n) is 14.5. The highest BCUT2D eigenvalue weighted by Crippen LogP contribution is 2.27. The third-order valence-electron chi connectivity index (χ3n) is 4.19. The van der Waals surface area contributed by atoms with Crippen molar-refractivity contribution in [3.05, 3.63) is 68.7 Å². The van der Waals surface area contributed by atoms with Gasteiger partial charge in [0, 0.05) is 13.0 Å². The number of rotatable bonds is 5. The van der Waals surface area contributed by atoms with E-state index in [0.29, 0.717) is 16.6 Å². The summed E-state index contributed by atoms with van der Waals surface area (Å²) >= 11 is 5.81. The van der Waals surface area contributed by atoms with E-state index in [4.69, 9.17) is 22.4 Å². The molecule has 1 aromatic heterocycles. The van der Waals surface area contributed by atoms with E-state index in [1.165, 1.54) is 22.9 Å². The molecule has 0 radical (unpaired) electrons. The van der Waals surface area contributed by atoms with Crippen LogP contribution < -0.4 is 15.9 Å². The highest BCUT2D eigenvalue weighted by Gasteiger charge is 2.17. The van der Waals surface area contributed by atoms with Crippen LogP contribution in [0.5, 0.6) is 5.75 Å². The summed E-state index contributed by atoms with van der Waals surface area (Å²) in [5, 5.41) is 18.2. The number of aliphatic hydroxyl groups is 1. The molecule has 0 aliphatic rings. The van der Waals surface area contributed by atoms with Gasteiger partial charge in [-0.3, -0.25) is 4.79 Å². The standard InChI is InChI=1S/C19H16ClFN2O5/c20-13-3-1-2-11(16(13)21)6-10-7-12-17(14(22)8-10)23(4-5-24)9-15(18(12)25)28-19(26)27/h1-3,7-9,24H,4-6,22H2,(H,26,27). The smallest absolute Gasteiger partial charge is 0.449 e. The molecule has 28 heavy (non-hydrogen) atoms. The van der Waals surface area contributed by atoms with E-state index in [9.17, 15) is 19.1 Å². The fraction of sp³-hybridized carbons (Fsp3) is 0.158. The van der Waals surface area contributed by atoms with Crippen molar-refractivity contribution in [2.45, 2.75) is 13.0 Å². The molecule has 3 aromatic rings. The van der Waals surface area contributed by atoms with Crippen LogP contribution in [-0.4, -0.2) is 27.5 Å². The van der Waals surface area contributed by atoms with Gasteiger partial charge in [0.1, 0.15) is 5.82 Å². The lowest BCUT2D eigenvalue weighted by molar-refractivity contribution is 0.143. The number of nitrogens with two attached hydrogens (primary N) is 1. The molecule has 0 spiro atoms. The largest absolute Gasteiger partial charge is 0.511 e. The van der Waals surface area contributed by atoms with Crippen LogP contribution in [0.2, 0.25) is 5.02 Å². The third kappa shape index (κ3) is 3.78. The molecule has 0 saturated carbocycles. The lowest BCUT2D eigenvalue weighted by Gasteiger charge is -2.15. The molecule has 2 aromatic carbocycles. The first kappa shape index (κ1) is 19.7. The Bertz CT molecular complexity index is 1130. The number of fused-ring (bicyclic) bond motifs is 1. The molecule has 0 bridgehead atoms. The van der Waals surface area contributed by atoms with Gasteiger partial charge in [-0.05, 0) is 29.3 Å². The molecule has 0 fully saturated rings. The molecule has 4 N–H and O–H groups in total. The fourth-order valence-electron chi connectivity index (χ4n) is 3.07. The summed E-state index contributed by atoms with van der Waals surface area (Å²) < 4.78 is 20.2. The molecule has 0 atom stereocenters. The van der Waals surface area contributed by atoms with Crippen molar-refractivity contribution >= 4 is 34.3 Å². The number of hydrogen-bond acceptors (Lipinski definition) is 5. The topological polar surface area (TPSA) is 115 Å². The second kappa shape index (κ2) is 7.87. The van der Waals surface area contributed by atoms with Crippen LogP contribution in [0, 0.1) is 5.82 Å². The maximum absolute atomic E-state index is 14.2. The van der Waals surface area contributed by atoms with E-state index in [2.05, 4.69) is 4.74 Å². The van der Waals surface area contributed by atoms with E-state index in [1.54, 1.807) is 18.2 Å². The van der Waals surface area contributed by atoms with Gasteiger partial charge in [-0.1, -0.05) is 23.7 Å². The first-order chi connectivity index (χ1) is 13.3. The van der Waals surface area contributed by atoms with Gasteiger partial charge >= 0.3 is 6.16 Å². The van der Waals surface area contributed by atoms with Gasteiger partial charge in [0.25, 0.3) is 0 Å². The molecule has 9 heteroatoms. The van der Waals surface area contributed by atoms with Crippen molar-refractivity contribution in [1.82, 2.24) is 4.57 Å². The normalized spacial score (nSPS) is 11.0. The minimum atomic E-state index is -1.64. The van der Waals surface area contributed by atoms with Crippen LogP contribution in [0.1, 0.15) is 11.1 Å². The van der Waals surface area contributed by atoms with Gasteiger partial charge in [-0.2, -0.15) is 0 Å². The molecule has 0 saturated heterocycles. The summed E-state index contributed by atoms with van der Waals surface area (Å²) in [6.45, 7) is -0.196. The number of halogens is 2. The number of carbonyl (C=O) groups is 1. The van der Waals surface area contributed by atoms with Crippen molar-refractivity contribution < 1.29 is 24.1 Å². The average Bonchev–Trinajstić information content (AvgIpc) is 2.62. The van der Waals surface area contributed by atoms with Crippen LogP contribution in [0.4, 0.5) is 14.9 Å². The van der Waals surface area contributed by atoms with E-state index in [0.717, 1.165) is 0 Å². The first-order valence-corrected chi connectivity index (χ1v) is 8.59. The quantitative estimate of drug-likeness (QED) is 0.443. The Kier molecular flexibility index (Phi) is 5.53. The summed E-state index contributed by atoms with van der Waals surface area (Å²) in [6, 6.07) is 7.69. The van der Waals surface area contributed by atoms with Gasteiger partial charge in [-0.15, -0.1) is 0 Å². The Hall–Kier alpha value is -3.10. The molecule has 0 unspecified atom stereocenters. The van der Waals surface area contributed by atoms with Crippen LogP contribution in [0.3, 0.4) is 0 Å². The molecule has 146 valence electrons. The summed E-state index contributed by atoms with van der Waals surface area (Å²) in [7, 11) is 0. The molecule has 0 amide bonds. The second-order valence-electron chi connectivity index (χ2n) is 6.08. The third-order valence-corrected chi connectivity index (χ3v) is 4.48. The van der Waals surface area contributed by atoms with Crippen molar-refractivity contribution in [1.29, 1.82) is 0 Å². The number of nitrogen functional groups attached to an aromatic ring is 1. The number of anilines is 1. The summed E-state index contributed by atoms with van der Waals surface area (Å²) in [4.78, 5) is 23.6. The van der Waals surface area contributed by atoms with Crippen molar-refractivity contribution in [2.75, 3.05) is 12.3 Å². The average molecular weight is 407 g/mol. The zero-order chi connectivity index (χ0) is 20.4. The predicted molar refractivity (Wildman–Crippen MR) is 103 cm³/mol. The Morgan fingerprint density at radius 3 is 2.75 bits per heavy atom. The number of benzene rings is 2. The highest BCUT2D eigenvalue weighted by atomic mass is 35.5. The molecule has 0 aliphatic heterocycles. The summed E-state index contributed by atoms with van der Waals surface area (Å²) in [5.41, 5.74) is 6.84. The maximum atomic E-state index is 14.2. The number of nitrogens with zero attached hydrogens (tertiary/aromatic N) is 1. The summed E-state index contributed by atoms with van der Waals surface area (Å²) in [6.07, 6.45) is -0.338. The van der Waals surface area contributed by atoms with Crippen LogP contribution >= 0.6 is 11.6 Å². The Morgan fingerprint density at radius 2 is 2.07 bits per heavy atom. The van der Waals surface area contributed by atoms with E-state index >= 15 is 0 Å². The van der Waals surface area contributed by atoms with Crippen LogP contribution in [0.15, 0.2) is 41.3 Å². The van der Waals surface area contributed by atoms with E-state index in [-0.39, 0.29) is 35.7 Å². The highest BCUT2D eigenvalue weighted by molar-refractivity contribution is 6.30. The Morgan fingerprint density at radius 1 is 1.32 bits per heavy atom. The maximum Gasteiger partial charge on any atom is 0.511 e. The molecule has 7 nitrogen and oxygen atoms in total. The SMILES string of the molecule is Nc1cc(Cc2cccc(Cl)c2F)cc2c(=O)c(OC(=O)O)cn(CCO)c12. The molecular weight excluding hydrogens is 391 g/mol. The van der Waals surface area contributed by atoms with Crippen molar-refractivity contribution in [2.24, 2.45) is 0 Å². The van der Waals surface area contributed by atoms with E-state index < -0.39 is 23.2 Å². The summed E-state index contributed by atoms with van der Waals surface area (Å²) in [5.74, 6) is -0.984. The lowest BCUT2D eigenvalue weighted by Crippen LogP contribution is -2.18. The van der Waals surface area contributed by atoms with Gasteiger partial charge in [0.15, 0.2) is 5.75 Å². The van der Waals surface area contributed by atoms with Crippen LogP contribution in [0.25, 0.3) is 10.9 Å². The number of aromatic nitrogens is 1. The molecule has 1 heterocycles. The molecule has 0 aliphatic carbocycles.